The molecular weight excluding hydrogens is 478 g/mol. The third-order valence-corrected chi connectivity index (χ3v) is 5.60. The van der Waals surface area contributed by atoms with Crippen molar-refractivity contribution in [3.05, 3.63) is 70.8 Å². The molecule has 0 saturated heterocycles. The number of rotatable bonds is 17. The van der Waals surface area contributed by atoms with Crippen molar-refractivity contribution in [2.75, 3.05) is 40.0 Å². The fraction of sp³-hybridized carbons (Fsp3) is 0.444. The summed E-state index contributed by atoms with van der Waals surface area (Å²) in [6, 6.07) is 12.5. The first-order valence-electron chi connectivity index (χ1n) is 12.3. The highest BCUT2D eigenvalue weighted by molar-refractivity contribution is 5.97. The van der Waals surface area contributed by atoms with Crippen molar-refractivity contribution >= 4 is 17.7 Å². The molecule has 0 aromatic heterocycles. The summed E-state index contributed by atoms with van der Waals surface area (Å²) < 4.78 is 10.3. The maximum Gasteiger partial charge on any atom is 0.251 e. The molecule has 0 aliphatic heterocycles. The molecule has 0 radical (unpaired) electrons. The summed E-state index contributed by atoms with van der Waals surface area (Å²) in [6.07, 6.45) is 1.60. The van der Waals surface area contributed by atoms with Crippen LogP contribution in [0.5, 0.6) is 0 Å². The predicted octanol–water partition coefficient (Wildman–Crippen LogP) is 1.15. The summed E-state index contributed by atoms with van der Waals surface area (Å²) in [7, 11) is 1.58. The minimum absolute atomic E-state index is 0.0814. The maximum absolute atomic E-state index is 12.8. The number of aliphatic hydroxyl groups excluding tert-OH is 2. The van der Waals surface area contributed by atoms with Gasteiger partial charge in [-0.05, 0) is 54.7 Å². The number of benzene rings is 2. The van der Waals surface area contributed by atoms with E-state index in [1.54, 1.807) is 55.6 Å². The fourth-order valence-electron chi connectivity index (χ4n) is 3.42. The molecule has 0 aliphatic rings. The normalized spacial score (nSPS) is 11.5. The van der Waals surface area contributed by atoms with E-state index < -0.39 is 6.04 Å². The van der Waals surface area contributed by atoms with Gasteiger partial charge in [0.2, 0.25) is 5.91 Å². The highest BCUT2D eigenvalue weighted by Crippen LogP contribution is 2.08. The summed E-state index contributed by atoms with van der Waals surface area (Å²) >= 11 is 0. The van der Waals surface area contributed by atoms with Crippen molar-refractivity contribution in [2.45, 2.75) is 38.5 Å². The highest BCUT2D eigenvalue weighted by atomic mass is 16.5. The lowest BCUT2D eigenvalue weighted by molar-refractivity contribution is -0.123. The molecule has 0 fully saturated rings. The van der Waals surface area contributed by atoms with Gasteiger partial charge in [0.05, 0.1) is 33.0 Å². The van der Waals surface area contributed by atoms with Crippen LogP contribution in [0.1, 0.15) is 51.1 Å². The molecule has 5 N–H and O–H groups in total. The first-order chi connectivity index (χ1) is 18.0. The van der Waals surface area contributed by atoms with E-state index in [1.807, 2.05) is 0 Å². The van der Waals surface area contributed by atoms with Crippen molar-refractivity contribution in [1.82, 2.24) is 16.0 Å². The van der Waals surface area contributed by atoms with Crippen molar-refractivity contribution in [3.8, 4) is 0 Å². The monoisotopic (exact) mass is 515 g/mol. The Morgan fingerprint density at radius 3 is 1.92 bits per heavy atom. The van der Waals surface area contributed by atoms with Gasteiger partial charge in [-0.15, -0.1) is 0 Å². The Kier molecular flexibility index (Phi) is 13.9. The molecule has 10 heteroatoms. The first-order valence-corrected chi connectivity index (χ1v) is 12.3. The number of hydrogen-bond acceptors (Lipinski definition) is 7. The number of nitrogens with one attached hydrogen (secondary N) is 3. The van der Waals surface area contributed by atoms with Crippen LogP contribution in [-0.4, -0.2) is 74.0 Å². The predicted molar refractivity (Wildman–Crippen MR) is 138 cm³/mol. The zero-order chi connectivity index (χ0) is 26.9. The number of aliphatic hydroxyl groups is 2. The molecule has 0 spiro atoms. The van der Waals surface area contributed by atoms with Crippen molar-refractivity contribution in [2.24, 2.45) is 0 Å². The Morgan fingerprint density at radius 1 is 0.757 bits per heavy atom. The van der Waals surface area contributed by atoms with Crippen LogP contribution < -0.4 is 16.0 Å². The topological polar surface area (TPSA) is 146 Å². The quantitative estimate of drug-likeness (QED) is 0.199. The molecule has 1 unspecified atom stereocenters. The van der Waals surface area contributed by atoms with Gasteiger partial charge in [-0.25, -0.2) is 0 Å². The van der Waals surface area contributed by atoms with E-state index in [1.165, 1.54) is 0 Å². The second-order valence-electron chi connectivity index (χ2n) is 8.38. The van der Waals surface area contributed by atoms with Crippen LogP contribution in [0, 0.1) is 0 Å². The van der Waals surface area contributed by atoms with E-state index in [-0.39, 0.29) is 30.9 Å². The second kappa shape index (κ2) is 17.2. The minimum Gasteiger partial charge on any atom is -0.392 e. The van der Waals surface area contributed by atoms with Crippen LogP contribution in [0.3, 0.4) is 0 Å². The van der Waals surface area contributed by atoms with Crippen LogP contribution in [0.2, 0.25) is 0 Å². The van der Waals surface area contributed by atoms with Gasteiger partial charge in [-0.2, -0.15) is 0 Å². The van der Waals surface area contributed by atoms with Gasteiger partial charge < -0.3 is 35.6 Å². The molecule has 10 nitrogen and oxygen atoms in total. The molecule has 2 aromatic carbocycles. The number of carbonyl (C=O) groups excluding carboxylic acids is 3. The lowest BCUT2D eigenvalue weighted by Crippen LogP contribution is -2.47. The Bertz CT molecular complexity index is 965. The van der Waals surface area contributed by atoms with E-state index in [0.717, 1.165) is 5.56 Å². The van der Waals surface area contributed by atoms with Gasteiger partial charge in [-0.1, -0.05) is 24.3 Å². The number of carbonyl (C=O) groups is 3. The fourth-order valence-corrected chi connectivity index (χ4v) is 3.42. The van der Waals surface area contributed by atoms with Crippen LogP contribution in [0.15, 0.2) is 48.5 Å². The molecule has 3 amide bonds. The molecule has 2 aromatic rings. The number of amides is 3. The lowest BCUT2D eigenvalue weighted by Gasteiger charge is -2.19. The Morgan fingerprint density at radius 2 is 1.35 bits per heavy atom. The maximum atomic E-state index is 12.8. The number of hydrogen-bond donors (Lipinski definition) is 5. The molecule has 0 bridgehead atoms. The third-order valence-electron chi connectivity index (χ3n) is 5.60. The zero-order valence-electron chi connectivity index (χ0n) is 21.2. The lowest BCUT2D eigenvalue weighted by atomic mass is 10.1. The van der Waals surface area contributed by atoms with Gasteiger partial charge in [0.25, 0.3) is 11.8 Å². The van der Waals surface area contributed by atoms with Crippen LogP contribution in [0.4, 0.5) is 0 Å². The second-order valence-corrected chi connectivity index (χ2v) is 8.38. The van der Waals surface area contributed by atoms with Crippen LogP contribution in [-0.2, 0) is 27.5 Å². The van der Waals surface area contributed by atoms with E-state index in [9.17, 15) is 19.5 Å². The van der Waals surface area contributed by atoms with Crippen LogP contribution >= 0.6 is 0 Å². The van der Waals surface area contributed by atoms with E-state index >= 15 is 0 Å². The Labute approximate surface area is 217 Å². The van der Waals surface area contributed by atoms with Gasteiger partial charge in [0.1, 0.15) is 6.04 Å². The summed E-state index contributed by atoms with van der Waals surface area (Å²) in [5, 5.41) is 26.7. The SMILES string of the molecule is COCCOCCNC(=O)C(CCCCNC(=O)c1ccc(CO)cc1)NC(=O)c1ccc(CO)cc1. The van der Waals surface area contributed by atoms with Crippen molar-refractivity contribution in [3.63, 3.8) is 0 Å². The number of methoxy groups -OCH3 is 1. The zero-order valence-corrected chi connectivity index (χ0v) is 21.2. The first kappa shape index (κ1) is 29.9. The molecule has 2 rings (SSSR count). The Hall–Kier alpha value is -3.31. The molecule has 37 heavy (non-hydrogen) atoms. The third kappa shape index (κ3) is 11.1. The molecule has 1 atom stereocenters. The highest BCUT2D eigenvalue weighted by Gasteiger charge is 2.21. The molecule has 0 heterocycles. The van der Waals surface area contributed by atoms with E-state index in [2.05, 4.69) is 16.0 Å². The molecule has 0 aliphatic carbocycles. The molecular formula is C27H37N3O7. The molecule has 0 saturated carbocycles. The van der Waals surface area contributed by atoms with Crippen molar-refractivity contribution in [1.29, 1.82) is 0 Å². The van der Waals surface area contributed by atoms with Gasteiger partial charge in [-0.3, -0.25) is 14.4 Å². The number of ether oxygens (including phenoxy) is 2. The summed E-state index contributed by atoms with van der Waals surface area (Å²) in [5.41, 5.74) is 2.30. The molecule has 202 valence electrons. The average Bonchev–Trinajstić information content (AvgIpc) is 2.93. The minimum atomic E-state index is -0.759. The van der Waals surface area contributed by atoms with Gasteiger partial charge in [0, 0.05) is 31.3 Å². The Balaban J connectivity index is 1.85. The van der Waals surface area contributed by atoms with E-state index in [0.29, 0.717) is 68.9 Å². The number of unbranched alkanes of at least 4 members (excludes halogenated alkanes) is 1. The standard InChI is InChI=1S/C27H37N3O7/c1-36-16-17-37-15-14-29-27(35)24(30-26(34)23-11-7-21(19-32)8-12-23)4-2-3-13-28-25(33)22-9-5-20(18-31)6-10-22/h5-12,24,31-32H,2-4,13-19H2,1H3,(H,28,33)(H,29,35)(H,30,34). The van der Waals surface area contributed by atoms with Gasteiger partial charge in [0.15, 0.2) is 0 Å². The van der Waals surface area contributed by atoms with Crippen molar-refractivity contribution < 1.29 is 34.1 Å². The summed E-state index contributed by atoms with van der Waals surface area (Å²) in [6.45, 7) is 1.72. The average molecular weight is 516 g/mol. The summed E-state index contributed by atoms with van der Waals surface area (Å²) in [4.78, 5) is 37.8. The van der Waals surface area contributed by atoms with E-state index in [4.69, 9.17) is 14.6 Å². The van der Waals surface area contributed by atoms with Gasteiger partial charge >= 0.3 is 0 Å². The summed E-state index contributed by atoms with van der Waals surface area (Å²) in [5.74, 6) is -0.920. The smallest absolute Gasteiger partial charge is 0.251 e. The van der Waals surface area contributed by atoms with Crippen LogP contribution in [0.25, 0.3) is 0 Å². The largest absolute Gasteiger partial charge is 0.392 e.